The fourth-order valence-corrected chi connectivity index (χ4v) is 1.54. The molecular formula is C11H9ClN4O3. The number of non-ortho nitro benzene ring substituents is 1. The molecule has 0 radical (unpaired) electrons. The van der Waals surface area contributed by atoms with E-state index in [4.69, 9.17) is 16.3 Å². The first-order valence-electron chi connectivity index (χ1n) is 5.21. The topological polar surface area (TPSA) is 90.2 Å². The lowest BCUT2D eigenvalue weighted by Crippen LogP contribution is -1.95. The van der Waals surface area contributed by atoms with Crippen LogP contribution in [0.2, 0.25) is 5.02 Å². The van der Waals surface area contributed by atoms with Crippen molar-refractivity contribution in [1.29, 1.82) is 0 Å². The Morgan fingerprint density at radius 1 is 1.37 bits per heavy atom. The number of nitrogens with one attached hydrogen (secondary N) is 1. The third-order valence-electron chi connectivity index (χ3n) is 2.24. The Balaban J connectivity index is 2.25. The summed E-state index contributed by atoms with van der Waals surface area (Å²) in [6, 6.07) is 5.53. The fourth-order valence-electron chi connectivity index (χ4n) is 1.33. The van der Waals surface area contributed by atoms with E-state index in [1.807, 2.05) is 0 Å². The third-order valence-corrected chi connectivity index (χ3v) is 2.53. The van der Waals surface area contributed by atoms with Crippen LogP contribution in [0.3, 0.4) is 0 Å². The van der Waals surface area contributed by atoms with Crippen molar-refractivity contribution in [3.8, 4) is 11.6 Å². The monoisotopic (exact) mass is 280 g/mol. The number of nitrogens with zero attached hydrogens (tertiary/aromatic N) is 3. The molecule has 0 aliphatic rings. The maximum Gasteiger partial charge on any atom is 0.271 e. The number of benzene rings is 1. The summed E-state index contributed by atoms with van der Waals surface area (Å²) < 4.78 is 5.44. The molecule has 0 fully saturated rings. The quantitative estimate of drug-likeness (QED) is 0.684. The summed E-state index contributed by atoms with van der Waals surface area (Å²) in [6.07, 6.45) is 1.33. The Hall–Kier alpha value is -2.41. The van der Waals surface area contributed by atoms with E-state index in [9.17, 15) is 10.1 Å². The van der Waals surface area contributed by atoms with Crippen molar-refractivity contribution >= 4 is 23.1 Å². The molecule has 7 nitrogen and oxygen atoms in total. The largest absolute Gasteiger partial charge is 0.437 e. The number of nitro benzene ring substituents is 1. The van der Waals surface area contributed by atoms with E-state index < -0.39 is 4.92 Å². The summed E-state index contributed by atoms with van der Waals surface area (Å²) >= 11 is 5.91. The molecule has 2 aromatic rings. The molecule has 1 N–H and O–H groups in total. The van der Waals surface area contributed by atoms with Crippen LogP contribution in [0.15, 0.2) is 30.6 Å². The van der Waals surface area contributed by atoms with Crippen molar-refractivity contribution in [3.63, 3.8) is 0 Å². The highest BCUT2D eigenvalue weighted by Gasteiger charge is 2.11. The van der Waals surface area contributed by atoms with Gasteiger partial charge < -0.3 is 10.1 Å². The van der Waals surface area contributed by atoms with Gasteiger partial charge in [0, 0.05) is 25.2 Å². The number of anilines is 1. The van der Waals surface area contributed by atoms with E-state index in [-0.39, 0.29) is 22.3 Å². The molecule has 0 amide bonds. The van der Waals surface area contributed by atoms with Crippen LogP contribution in [0, 0.1) is 10.1 Å². The molecule has 98 valence electrons. The van der Waals surface area contributed by atoms with Crippen LogP contribution in [0.1, 0.15) is 0 Å². The second-order valence-corrected chi connectivity index (χ2v) is 3.87. The van der Waals surface area contributed by atoms with Crippen molar-refractivity contribution in [3.05, 3.63) is 45.7 Å². The minimum atomic E-state index is -0.528. The zero-order valence-electron chi connectivity index (χ0n) is 9.83. The minimum absolute atomic E-state index is 0.101. The lowest BCUT2D eigenvalue weighted by Gasteiger charge is -2.07. The molecule has 1 aromatic heterocycles. The van der Waals surface area contributed by atoms with Gasteiger partial charge in [0.1, 0.15) is 17.9 Å². The minimum Gasteiger partial charge on any atom is -0.437 e. The molecule has 0 saturated carbocycles. The van der Waals surface area contributed by atoms with Gasteiger partial charge in [-0.3, -0.25) is 10.1 Å². The Morgan fingerprint density at radius 3 is 2.79 bits per heavy atom. The summed E-state index contributed by atoms with van der Waals surface area (Å²) in [7, 11) is 1.71. The molecule has 2 rings (SSSR count). The number of aromatic nitrogens is 2. The maximum absolute atomic E-state index is 10.6. The van der Waals surface area contributed by atoms with Gasteiger partial charge in [0.15, 0.2) is 0 Å². The lowest BCUT2D eigenvalue weighted by atomic mass is 10.3. The van der Waals surface area contributed by atoms with Crippen LogP contribution in [-0.4, -0.2) is 21.9 Å². The third kappa shape index (κ3) is 3.08. The van der Waals surface area contributed by atoms with Crippen molar-refractivity contribution in [1.82, 2.24) is 9.97 Å². The van der Waals surface area contributed by atoms with Gasteiger partial charge in [0.05, 0.1) is 9.95 Å². The standard InChI is InChI=1S/C11H9ClN4O3/c1-13-10-5-11(15-6-14-10)19-9-3-2-7(16(17)18)4-8(9)12/h2-6H,1H3,(H,13,14,15). The van der Waals surface area contributed by atoms with Crippen LogP contribution in [0.4, 0.5) is 11.5 Å². The average Bonchev–Trinajstić information content (AvgIpc) is 2.41. The molecule has 0 atom stereocenters. The molecule has 0 saturated heterocycles. The normalized spacial score (nSPS) is 10.0. The average molecular weight is 281 g/mol. The first-order chi connectivity index (χ1) is 9.10. The zero-order valence-corrected chi connectivity index (χ0v) is 10.6. The van der Waals surface area contributed by atoms with Crippen molar-refractivity contribution in [2.75, 3.05) is 12.4 Å². The van der Waals surface area contributed by atoms with Crippen LogP contribution >= 0.6 is 11.6 Å². The van der Waals surface area contributed by atoms with Gasteiger partial charge in [0.2, 0.25) is 5.88 Å². The van der Waals surface area contributed by atoms with Gasteiger partial charge in [-0.05, 0) is 6.07 Å². The van der Waals surface area contributed by atoms with E-state index >= 15 is 0 Å². The number of rotatable bonds is 4. The van der Waals surface area contributed by atoms with Crippen molar-refractivity contribution in [2.45, 2.75) is 0 Å². The number of hydrogen-bond acceptors (Lipinski definition) is 6. The van der Waals surface area contributed by atoms with Gasteiger partial charge in [-0.15, -0.1) is 0 Å². The van der Waals surface area contributed by atoms with Gasteiger partial charge in [-0.1, -0.05) is 11.6 Å². The van der Waals surface area contributed by atoms with Crippen LogP contribution in [0.5, 0.6) is 11.6 Å². The van der Waals surface area contributed by atoms with Gasteiger partial charge in [0.25, 0.3) is 5.69 Å². The molecule has 1 heterocycles. The highest BCUT2D eigenvalue weighted by Crippen LogP contribution is 2.31. The SMILES string of the molecule is CNc1cc(Oc2ccc([N+](=O)[O-])cc2Cl)ncn1. The predicted octanol–water partition coefficient (Wildman–Crippen LogP) is 2.87. The predicted molar refractivity (Wildman–Crippen MR) is 69.8 cm³/mol. The highest BCUT2D eigenvalue weighted by molar-refractivity contribution is 6.32. The first-order valence-corrected chi connectivity index (χ1v) is 5.59. The highest BCUT2D eigenvalue weighted by atomic mass is 35.5. The van der Waals surface area contributed by atoms with Crippen LogP contribution in [-0.2, 0) is 0 Å². The Kier molecular flexibility index (Phi) is 3.76. The smallest absolute Gasteiger partial charge is 0.271 e. The van der Waals surface area contributed by atoms with E-state index in [2.05, 4.69) is 15.3 Å². The van der Waals surface area contributed by atoms with E-state index in [1.165, 1.54) is 24.5 Å². The molecule has 1 aromatic carbocycles. The summed E-state index contributed by atoms with van der Waals surface area (Å²) in [5, 5.41) is 13.6. The number of halogens is 1. The molecule has 0 unspecified atom stereocenters. The Morgan fingerprint density at radius 2 is 2.16 bits per heavy atom. The molecule has 0 spiro atoms. The summed E-state index contributed by atoms with van der Waals surface area (Å²) in [4.78, 5) is 17.9. The molecule has 0 aliphatic carbocycles. The second kappa shape index (κ2) is 5.49. The molecule has 19 heavy (non-hydrogen) atoms. The number of nitro groups is 1. The van der Waals surface area contributed by atoms with Gasteiger partial charge >= 0.3 is 0 Å². The summed E-state index contributed by atoms with van der Waals surface area (Å²) in [5.74, 6) is 1.16. The second-order valence-electron chi connectivity index (χ2n) is 3.47. The number of ether oxygens (including phenoxy) is 1. The Bertz CT molecular complexity index is 621. The van der Waals surface area contributed by atoms with Crippen LogP contribution in [0.25, 0.3) is 0 Å². The zero-order chi connectivity index (χ0) is 13.8. The van der Waals surface area contributed by atoms with Crippen LogP contribution < -0.4 is 10.1 Å². The molecule has 0 aliphatic heterocycles. The van der Waals surface area contributed by atoms with Gasteiger partial charge in [-0.25, -0.2) is 9.97 Å². The van der Waals surface area contributed by atoms with E-state index in [0.717, 1.165) is 0 Å². The van der Waals surface area contributed by atoms with Crippen molar-refractivity contribution < 1.29 is 9.66 Å². The summed E-state index contributed by atoms with van der Waals surface area (Å²) in [6.45, 7) is 0. The summed E-state index contributed by atoms with van der Waals surface area (Å²) in [5.41, 5.74) is -0.101. The van der Waals surface area contributed by atoms with E-state index in [0.29, 0.717) is 5.82 Å². The molecular weight excluding hydrogens is 272 g/mol. The first kappa shape index (κ1) is 13.0. The van der Waals surface area contributed by atoms with E-state index in [1.54, 1.807) is 13.1 Å². The van der Waals surface area contributed by atoms with Gasteiger partial charge in [-0.2, -0.15) is 0 Å². The Labute approximate surface area is 113 Å². The fraction of sp³-hybridized carbons (Fsp3) is 0.0909. The maximum atomic E-state index is 10.6. The molecule has 0 bridgehead atoms. The lowest BCUT2D eigenvalue weighted by molar-refractivity contribution is -0.384. The van der Waals surface area contributed by atoms with Crippen molar-refractivity contribution in [2.24, 2.45) is 0 Å². The number of hydrogen-bond donors (Lipinski definition) is 1. The molecule has 8 heteroatoms.